The molecule has 0 unspecified atom stereocenters. The minimum absolute atomic E-state index is 0.0657. The Morgan fingerprint density at radius 3 is 2.79 bits per heavy atom. The van der Waals surface area contributed by atoms with E-state index in [1.165, 1.54) is 0 Å². The van der Waals surface area contributed by atoms with E-state index in [0.29, 0.717) is 17.7 Å². The number of nitrogens with zero attached hydrogens (tertiary/aromatic N) is 2. The van der Waals surface area contributed by atoms with Crippen LogP contribution in [0.2, 0.25) is 0 Å². The first-order valence-corrected chi connectivity index (χ1v) is 7.13. The fraction of sp³-hybridized carbons (Fsp3) is 0.600. The van der Waals surface area contributed by atoms with Gasteiger partial charge in [-0.15, -0.1) is 0 Å². The quantitative estimate of drug-likeness (QED) is 0.856. The average molecular weight is 261 g/mol. The molecule has 0 radical (unpaired) electrons. The maximum absolute atomic E-state index is 12.6. The fourth-order valence-corrected chi connectivity index (χ4v) is 2.16. The van der Waals surface area contributed by atoms with Crippen molar-refractivity contribution in [1.82, 2.24) is 9.88 Å². The number of hydrogen-bond donors (Lipinski definition) is 1. The van der Waals surface area contributed by atoms with Gasteiger partial charge in [0.15, 0.2) is 0 Å². The Bertz CT molecular complexity index is 441. The molecule has 0 saturated heterocycles. The van der Waals surface area contributed by atoms with Crippen molar-refractivity contribution >= 4 is 11.7 Å². The van der Waals surface area contributed by atoms with Crippen molar-refractivity contribution in [3.8, 4) is 0 Å². The molecule has 1 N–H and O–H groups in total. The largest absolute Gasteiger partial charge is 0.370 e. The Kier molecular flexibility index (Phi) is 4.40. The number of aromatic nitrogens is 1. The van der Waals surface area contributed by atoms with Gasteiger partial charge in [-0.1, -0.05) is 19.9 Å². The van der Waals surface area contributed by atoms with Gasteiger partial charge in [-0.25, -0.2) is 4.98 Å². The highest BCUT2D eigenvalue weighted by Crippen LogP contribution is 2.28. The lowest BCUT2D eigenvalue weighted by molar-refractivity contribution is 0.0716. The van der Waals surface area contributed by atoms with E-state index in [0.717, 1.165) is 31.7 Å². The Morgan fingerprint density at radius 1 is 1.47 bits per heavy atom. The van der Waals surface area contributed by atoms with Crippen LogP contribution in [-0.4, -0.2) is 34.9 Å². The molecule has 1 fully saturated rings. The summed E-state index contributed by atoms with van der Waals surface area (Å²) in [6.45, 7) is 7.93. The molecule has 0 aromatic carbocycles. The Morgan fingerprint density at radius 2 is 2.21 bits per heavy atom. The van der Waals surface area contributed by atoms with Crippen LogP contribution in [0, 0.1) is 5.92 Å². The molecule has 1 heterocycles. The molecule has 1 saturated carbocycles. The van der Waals surface area contributed by atoms with Crippen molar-refractivity contribution in [2.24, 2.45) is 5.92 Å². The van der Waals surface area contributed by atoms with Gasteiger partial charge in [0.25, 0.3) is 5.91 Å². The van der Waals surface area contributed by atoms with Gasteiger partial charge in [0.1, 0.15) is 11.5 Å². The predicted molar refractivity (Wildman–Crippen MR) is 77.3 cm³/mol. The number of nitrogens with one attached hydrogen (secondary N) is 1. The third-order valence-corrected chi connectivity index (χ3v) is 3.14. The summed E-state index contributed by atoms with van der Waals surface area (Å²) in [5.74, 6) is 1.33. The molecule has 1 aromatic rings. The van der Waals surface area contributed by atoms with E-state index in [9.17, 15) is 4.79 Å². The van der Waals surface area contributed by atoms with Crippen molar-refractivity contribution in [3.05, 3.63) is 23.9 Å². The van der Waals surface area contributed by atoms with Gasteiger partial charge in [-0.3, -0.25) is 4.79 Å². The summed E-state index contributed by atoms with van der Waals surface area (Å²) >= 11 is 0. The molecule has 104 valence electrons. The second-order valence-electron chi connectivity index (χ2n) is 5.52. The molecule has 1 aliphatic carbocycles. The van der Waals surface area contributed by atoms with E-state index in [1.807, 2.05) is 24.0 Å². The fourth-order valence-electron chi connectivity index (χ4n) is 2.16. The van der Waals surface area contributed by atoms with Gasteiger partial charge in [-0.05, 0) is 37.8 Å². The Hall–Kier alpha value is -1.58. The minimum atomic E-state index is 0.0657. The topological polar surface area (TPSA) is 45.2 Å². The highest BCUT2D eigenvalue weighted by Gasteiger charge is 2.33. The molecule has 19 heavy (non-hydrogen) atoms. The summed E-state index contributed by atoms with van der Waals surface area (Å²) in [4.78, 5) is 18.9. The third kappa shape index (κ3) is 3.69. The lowest BCUT2D eigenvalue weighted by Crippen LogP contribution is -2.36. The van der Waals surface area contributed by atoms with Crippen LogP contribution in [0.15, 0.2) is 18.2 Å². The lowest BCUT2D eigenvalue weighted by Gasteiger charge is -2.24. The molecular formula is C15H23N3O. The van der Waals surface area contributed by atoms with E-state index < -0.39 is 0 Å². The number of rotatable bonds is 6. The van der Waals surface area contributed by atoms with Gasteiger partial charge in [0, 0.05) is 19.1 Å². The summed E-state index contributed by atoms with van der Waals surface area (Å²) in [7, 11) is 0. The zero-order valence-corrected chi connectivity index (χ0v) is 12.0. The molecule has 0 bridgehead atoms. The highest BCUT2D eigenvalue weighted by molar-refractivity contribution is 5.93. The zero-order chi connectivity index (χ0) is 13.8. The predicted octanol–water partition coefficient (Wildman–Crippen LogP) is 2.77. The van der Waals surface area contributed by atoms with Crippen molar-refractivity contribution in [2.45, 2.75) is 39.7 Å². The van der Waals surface area contributed by atoms with Crippen LogP contribution in [0.4, 0.5) is 5.82 Å². The second kappa shape index (κ2) is 6.04. The number of amides is 1. The monoisotopic (exact) mass is 261 g/mol. The molecule has 1 aliphatic rings. The van der Waals surface area contributed by atoms with E-state index in [4.69, 9.17) is 0 Å². The molecular weight excluding hydrogens is 238 g/mol. The summed E-state index contributed by atoms with van der Waals surface area (Å²) in [5.41, 5.74) is 0.547. The van der Waals surface area contributed by atoms with Crippen LogP contribution >= 0.6 is 0 Å². The number of anilines is 1. The molecule has 0 atom stereocenters. The minimum Gasteiger partial charge on any atom is -0.370 e. The van der Waals surface area contributed by atoms with Crippen molar-refractivity contribution in [3.63, 3.8) is 0 Å². The first-order chi connectivity index (χ1) is 9.11. The lowest BCUT2D eigenvalue weighted by atomic mass is 10.2. The van der Waals surface area contributed by atoms with E-state index in [2.05, 4.69) is 24.1 Å². The molecule has 1 amide bonds. The molecule has 0 aliphatic heterocycles. The van der Waals surface area contributed by atoms with Gasteiger partial charge >= 0.3 is 0 Å². The maximum Gasteiger partial charge on any atom is 0.272 e. The van der Waals surface area contributed by atoms with E-state index in [1.54, 1.807) is 6.07 Å². The SMILES string of the molecule is CCNc1cccc(C(=O)N(CC(C)C)C2CC2)n1. The van der Waals surface area contributed by atoms with Crippen LogP contribution in [-0.2, 0) is 0 Å². The van der Waals surface area contributed by atoms with Gasteiger partial charge < -0.3 is 10.2 Å². The van der Waals surface area contributed by atoms with Crippen LogP contribution in [0.3, 0.4) is 0 Å². The number of carbonyl (C=O) groups excluding carboxylic acids is 1. The van der Waals surface area contributed by atoms with Gasteiger partial charge in [0.05, 0.1) is 0 Å². The molecule has 4 nitrogen and oxygen atoms in total. The molecule has 4 heteroatoms. The molecule has 0 spiro atoms. The van der Waals surface area contributed by atoms with Crippen molar-refractivity contribution < 1.29 is 4.79 Å². The smallest absolute Gasteiger partial charge is 0.272 e. The average Bonchev–Trinajstić information content (AvgIpc) is 3.20. The summed E-state index contributed by atoms with van der Waals surface area (Å²) < 4.78 is 0. The van der Waals surface area contributed by atoms with E-state index >= 15 is 0 Å². The maximum atomic E-state index is 12.6. The van der Waals surface area contributed by atoms with Crippen LogP contribution in [0.1, 0.15) is 44.1 Å². The first-order valence-electron chi connectivity index (χ1n) is 7.13. The third-order valence-electron chi connectivity index (χ3n) is 3.14. The summed E-state index contributed by atoms with van der Waals surface area (Å²) in [6, 6.07) is 6.02. The Labute approximate surface area is 115 Å². The molecule has 2 rings (SSSR count). The van der Waals surface area contributed by atoms with Crippen LogP contribution in [0.25, 0.3) is 0 Å². The number of hydrogen-bond acceptors (Lipinski definition) is 3. The zero-order valence-electron chi connectivity index (χ0n) is 12.0. The van der Waals surface area contributed by atoms with Gasteiger partial charge in [-0.2, -0.15) is 0 Å². The van der Waals surface area contributed by atoms with E-state index in [-0.39, 0.29) is 5.91 Å². The second-order valence-corrected chi connectivity index (χ2v) is 5.52. The number of pyridine rings is 1. The normalized spacial score (nSPS) is 14.5. The van der Waals surface area contributed by atoms with Crippen LogP contribution in [0.5, 0.6) is 0 Å². The van der Waals surface area contributed by atoms with Crippen molar-refractivity contribution in [1.29, 1.82) is 0 Å². The highest BCUT2D eigenvalue weighted by atomic mass is 16.2. The molecule has 1 aromatic heterocycles. The summed E-state index contributed by atoms with van der Waals surface area (Å²) in [6.07, 6.45) is 2.26. The Balaban J connectivity index is 2.14. The van der Waals surface area contributed by atoms with Crippen molar-refractivity contribution in [2.75, 3.05) is 18.4 Å². The number of carbonyl (C=O) groups is 1. The van der Waals surface area contributed by atoms with Crippen LogP contribution < -0.4 is 5.32 Å². The first kappa shape index (κ1) is 13.8. The standard InChI is InChI=1S/C15H23N3O/c1-4-16-14-7-5-6-13(17-14)15(19)18(10-11(2)3)12-8-9-12/h5-7,11-12H,4,8-10H2,1-3H3,(H,16,17). The van der Waals surface area contributed by atoms with Gasteiger partial charge in [0.2, 0.25) is 0 Å². The summed E-state index contributed by atoms with van der Waals surface area (Å²) in [5, 5.41) is 3.15.